The summed E-state index contributed by atoms with van der Waals surface area (Å²) < 4.78 is 25.7. The number of rotatable bonds is 11. The van der Waals surface area contributed by atoms with Crippen molar-refractivity contribution >= 4 is 57.0 Å². The number of hydrogen-bond donors (Lipinski definition) is 3. The molecule has 2 aliphatic heterocycles. The highest BCUT2D eigenvalue weighted by Gasteiger charge is 2.62. The van der Waals surface area contributed by atoms with Gasteiger partial charge in [-0.15, -0.1) is 0 Å². The molecule has 14 nitrogen and oxygen atoms in total. The number of pyridine rings is 1. The molecule has 0 bridgehead atoms. The Morgan fingerprint density at radius 3 is 2.39 bits per heavy atom. The van der Waals surface area contributed by atoms with Crippen molar-refractivity contribution in [2.75, 3.05) is 23.8 Å². The second-order valence-corrected chi connectivity index (χ2v) is 13.1. The summed E-state index contributed by atoms with van der Waals surface area (Å²) in [6, 6.07) is 20.6. The van der Waals surface area contributed by atoms with Crippen LogP contribution in [-0.4, -0.2) is 66.1 Å². The fraction of sp³-hybridized carbons (Fsp3) is 0.219. The minimum atomic E-state index is -1.73. The number of benzene rings is 2. The van der Waals surface area contributed by atoms with Gasteiger partial charge in [-0.05, 0) is 35.3 Å². The van der Waals surface area contributed by atoms with Crippen molar-refractivity contribution in [3.8, 4) is 0 Å². The molecule has 2 aromatic heterocycles. The molecule has 0 spiro atoms. The van der Waals surface area contributed by atoms with Gasteiger partial charge >= 0.3 is 5.97 Å². The quantitative estimate of drug-likeness (QED) is 0.0303. The Morgan fingerprint density at radius 2 is 1.80 bits per heavy atom. The number of hydrogen-bond acceptors (Lipinski definition) is 12. The smallest absolute Gasteiger partial charge is 0.356 e. The number of aromatic nitrogens is 3. The van der Waals surface area contributed by atoms with Crippen molar-refractivity contribution in [2.24, 2.45) is 5.16 Å². The van der Waals surface area contributed by atoms with Gasteiger partial charge < -0.3 is 54.9 Å². The van der Waals surface area contributed by atoms with E-state index in [1.807, 2.05) is 60.7 Å². The zero-order chi connectivity index (χ0) is 33.8. The van der Waals surface area contributed by atoms with Crippen LogP contribution in [0.1, 0.15) is 30.0 Å². The van der Waals surface area contributed by atoms with Gasteiger partial charge in [-0.25, -0.2) is 4.79 Å². The molecule has 1 fully saturated rings. The molecular weight excluding hydrogens is 783 g/mol. The Morgan fingerprint density at radius 1 is 1.12 bits per heavy atom. The highest BCUT2D eigenvalue weighted by molar-refractivity contribution is 7.92. The number of nitrogens with one attached hydrogen (secondary N) is 1. The van der Waals surface area contributed by atoms with Gasteiger partial charge in [0.2, 0.25) is 16.9 Å². The Balaban J connectivity index is 0.00000468. The second-order valence-electron chi connectivity index (χ2n) is 10.8. The van der Waals surface area contributed by atoms with Crippen LogP contribution in [0.2, 0.25) is 0 Å². The maximum absolute atomic E-state index is 14.3. The van der Waals surface area contributed by atoms with Crippen LogP contribution < -0.4 is 45.3 Å². The number of nitrogens with two attached hydrogens (primary N) is 2. The van der Waals surface area contributed by atoms with Gasteiger partial charge in [-0.3, -0.25) is 14.5 Å². The third kappa shape index (κ3) is 7.69. The number of fused-ring (bicyclic) bond motifs is 1. The first-order valence-electron chi connectivity index (χ1n) is 14.8. The largest absolute Gasteiger partial charge is 1.00 e. The predicted molar refractivity (Wildman–Crippen MR) is 177 cm³/mol. The SMILES string of the molecule is CCON=C(C(=O)NC1C(=O)N2C(C(=O)OC(c3ccccc3)c3ccccc3)=C(C[n+]3cccc(N)c3)C[S+]([O-])[C@@H]12)c1nsc(N)n1.[I-]. The molecule has 1 saturated heterocycles. The third-order valence-corrected chi connectivity index (χ3v) is 9.72. The van der Waals surface area contributed by atoms with Crippen molar-refractivity contribution in [1.82, 2.24) is 19.6 Å². The summed E-state index contributed by atoms with van der Waals surface area (Å²) in [5, 5.41) is 5.45. The number of β-lactam (4-membered cyclic amide) rings is 1. The molecule has 2 unspecified atom stereocenters. The summed E-state index contributed by atoms with van der Waals surface area (Å²) >= 11 is -0.868. The fourth-order valence-corrected chi connectivity index (χ4v) is 7.53. The first-order chi connectivity index (χ1) is 23.2. The molecule has 17 heteroatoms. The van der Waals surface area contributed by atoms with Gasteiger partial charge in [0.25, 0.3) is 11.8 Å². The Bertz CT molecular complexity index is 1850. The zero-order valence-corrected chi connectivity index (χ0v) is 29.8. The van der Waals surface area contributed by atoms with Crippen molar-refractivity contribution in [1.29, 1.82) is 0 Å². The van der Waals surface area contributed by atoms with Gasteiger partial charge in [0, 0.05) is 17.6 Å². The third-order valence-electron chi connectivity index (χ3n) is 7.52. The van der Waals surface area contributed by atoms with Crippen molar-refractivity contribution in [2.45, 2.75) is 31.0 Å². The Kier molecular flexibility index (Phi) is 11.5. The van der Waals surface area contributed by atoms with E-state index in [0.717, 1.165) is 27.6 Å². The molecule has 2 amide bonds. The lowest BCUT2D eigenvalue weighted by molar-refractivity contribution is -0.688. The van der Waals surface area contributed by atoms with Crippen LogP contribution in [0.3, 0.4) is 0 Å². The number of nitrogens with zero attached hydrogens (tertiary/aromatic N) is 5. The van der Waals surface area contributed by atoms with Crippen LogP contribution in [0.5, 0.6) is 0 Å². The standard InChI is InChI=1S/C32H30N8O6S2.HI/c1-2-45-37-23(27-36-32(34)47-38-27)28(41)35-24-29(42)40-25(21(18-48(44)30(24)40)16-39-15-9-14-22(33)17-39)31(43)46-26(19-10-5-3-6-11-19)20-12-7-4-8-13-20;/h3-15,17,24,26,30H,2,16,18,33H2,1H3,(H2-,34,35,36,38,41);1H/t24?,30-,48?;/m0./s1. The molecule has 2 aliphatic rings. The number of esters is 1. The van der Waals surface area contributed by atoms with Gasteiger partial charge in [0.05, 0.1) is 11.3 Å². The molecule has 0 saturated carbocycles. The van der Waals surface area contributed by atoms with E-state index in [2.05, 4.69) is 19.8 Å². The summed E-state index contributed by atoms with van der Waals surface area (Å²) in [6.45, 7) is 1.93. The van der Waals surface area contributed by atoms with Crippen LogP contribution in [0.15, 0.2) is 102 Å². The Labute approximate surface area is 305 Å². The first-order valence-corrected chi connectivity index (χ1v) is 17.0. The van der Waals surface area contributed by atoms with E-state index in [-0.39, 0.29) is 65.2 Å². The number of nitrogen functional groups attached to an aromatic ring is 2. The van der Waals surface area contributed by atoms with E-state index >= 15 is 0 Å². The van der Waals surface area contributed by atoms with E-state index in [1.165, 1.54) is 0 Å². The number of oxime groups is 1. The van der Waals surface area contributed by atoms with E-state index < -0.39 is 46.5 Å². The molecule has 49 heavy (non-hydrogen) atoms. The molecular formula is C32H31IN8O6S2. The van der Waals surface area contributed by atoms with Gasteiger partial charge in [0.1, 0.15) is 18.1 Å². The summed E-state index contributed by atoms with van der Waals surface area (Å²) in [5.41, 5.74) is 13.7. The lowest BCUT2D eigenvalue weighted by Gasteiger charge is -2.49. The van der Waals surface area contributed by atoms with Crippen LogP contribution in [0.4, 0.5) is 10.8 Å². The monoisotopic (exact) mass is 814 g/mol. The number of carbonyl (C=O) groups excluding carboxylic acids is 3. The molecule has 0 radical (unpaired) electrons. The van der Waals surface area contributed by atoms with Crippen LogP contribution in [-0.2, 0) is 41.7 Å². The lowest BCUT2D eigenvalue weighted by atomic mass is 10.0. The minimum Gasteiger partial charge on any atom is -1.00 e. The van der Waals surface area contributed by atoms with Crippen LogP contribution in [0.25, 0.3) is 0 Å². The van der Waals surface area contributed by atoms with Gasteiger partial charge in [0.15, 0.2) is 36.2 Å². The number of ether oxygens (including phenoxy) is 1. The molecule has 2 aromatic carbocycles. The highest BCUT2D eigenvalue weighted by Crippen LogP contribution is 2.39. The van der Waals surface area contributed by atoms with E-state index in [4.69, 9.17) is 21.0 Å². The number of carbonyl (C=O) groups is 3. The summed E-state index contributed by atoms with van der Waals surface area (Å²) in [5.74, 6) is -2.43. The van der Waals surface area contributed by atoms with Crippen LogP contribution >= 0.6 is 11.5 Å². The average molecular weight is 815 g/mol. The van der Waals surface area contributed by atoms with Crippen molar-refractivity contribution in [3.05, 3.63) is 113 Å². The predicted octanol–water partition coefficient (Wildman–Crippen LogP) is -1.56. The average Bonchev–Trinajstić information content (AvgIpc) is 3.52. The fourth-order valence-electron chi connectivity index (χ4n) is 5.42. The van der Waals surface area contributed by atoms with Crippen molar-refractivity contribution < 1.29 is 57.1 Å². The van der Waals surface area contributed by atoms with Crippen molar-refractivity contribution in [3.63, 3.8) is 0 Å². The lowest BCUT2D eigenvalue weighted by Crippen LogP contribution is -3.00. The summed E-state index contributed by atoms with van der Waals surface area (Å²) in [7, 11) is 0. The highest BCUT2D eigenvalue weighted by atomic mass is 127. The molecule has 254 valence electrons. The van der Waals surface area contributed by atoms with Gasteiger partial charge in [-0.1, -0.05) is 65.8 Å². The summed E-state index contributed by atoms with van der Waals surface area (Å²) in [4.78, 5) is 51.7. The zero-order valence-electron chi connectivity index (χ0n) is 26.0. The van der Waals surface area contributed by atoms with Gasteiger partial charge in [-0.2, -0.15) is 13.9 Å². The van der Waals surface area contributed by atoms with E-state index in [9.17, 15) is 18.9 Å². The normalized spacial score (nSPS) is 18.7. The van der Waals surface area contributed by atoms with E-state index in [1.54, 1.807) is 36.0 Å². The Hall–Kier alpha value is -4.59. The maximum atomic E-state index is 14.3. The minimum absolute atomic E-state index is 0. The molecule has 3 atom stereocenters. The van der Waals surface area contributed by atoms with E-state index in [0.29, 0.717) is 11.3 Å². The molecule has 5 N–H and O–H groups in total. The van der Waals surface area contributed by atoms with Crippen LogP contribution in [0, 0.1) is 0 Å². The topological polar surface area (TPSA) is 202 Å². The molecule has 4 heterocycles. The maximum Gasteiger partial charge on any atom is 0.356 e. The second kappa shape index (κ2) is 15.7. The summed E-state index contributed by atoms with van der Waals surface area (Å²) in [6.07, 6.45) is 2.61. The molecule has 6 rings (SSSR count). The first kappa shape index (κ1) is 35.7. The molecule has 0 aliphatic carbocycles. The molecule has 4 aromatic rings. The number of amides is 2. The number of anilines is 2. The number of halogens is 1.